The van der Waals surface area contributed by atoms with E-state index in [1.807, 2.05) is 36.4 Å². The molecule has 3 N–H and O–H groups in total. The van der Waals surface area contributed by atoms with E-state index in [9.17, 15) is 4.79 Å². The molecular weight excluding hydrogens is 400 g/mol. The minimum atomic E-state index is -0.962. The number of hydrogen-bond acceptors (Lipinski definition) is 5. The molecule has 3 aromatic carbocycles. The Bertz CT molecular complexity index is 1140. The number of benzene rings is 3. The van der Waals surface area contributed by atoms with Gasteiger partial charge in [-0.2, -0.15) is 4.98 Å². The Hall–Kier alpha value is -3.90. The van der Waals surface area contributed by atoms with Crippen LogP contribution in [0.25, 0.3) is 11.1 Å². The van der Waals surface area contributed by atoms with Crippen LogP contribution in [-0.2, 0) is 0 Å². The average molecular weight is 419 g/mol. The molecule has 0 amide bonds. The second kappa shape index (κ2) is 9.54. The van der Waals surface area contributed by atoms with Crippen LogP contribution in [0.1, 0.15) is 10.4 Å². The van der Waals surface area contributed by atoms with Gasteiger partial charge in [0.05, 0.1) is 5.56 Å². The molecule has 0 aliphatic carbocycles. The maximum Gasteiger partial charge on any atom is 0.335 e. The molecule has 0 fully saturated rings. The Labute approximate surface area is 180 Å². The van der Waals surface area contributed by atoms with Crippen molar-refractivity contribution >= 4 is 41.5 Å². The first-order chi connectivity index (χ1) is 14.2. The first-order valence-corrected chi connectivity index (χ1v) is 9.04. The molecule has 4 aromatic rings. The Balaban J connectivity index is 0.00000256. The first-order valence-electron chi connectivity index (χ1n) is 9.04. The zero-order valence-corrected chi connectivity index (χ0v) is 16.6. The number of carbonyl (C=O) groups is 1. The molecule has 4 rings (SSSR count). The van der Waals surface area contributed by atoms with Gasteiger partial charge in [-0.15, -0.1) is 12.4 Å². The summed E-state index contributed by atoms with van der Waals surface area (Å²) in [4.78, 5) is 19.7. The fourth-order valence-corrected chi connectivity index (χ4v) is 2.91. The highest BCUT2D eigenvalue weighted by atomic mass is 35.5. The van der Waals surface area contributed by atoms with Crippen LogP contribution >= 0.6 is 12.4 Å². The zero-order chi connectivity index (χ0) is 20.1. The second-order valence-corrected chi connectivity index (χ2v) is 6.31. The molecule has 7 heteroatoms. The highest BCUT2D eigenvalue weighted by Crippen LogP contribution is 2.29. The first kappa shape index (κ1) is 20.8. The van der Waals surface area contributed by atoms with Crippen molar-refractivity contribution in [3.8, 4) is 11.1 Å². The predicted molar refractivity (Wildman–Crippen MR) is 121 cm³/mol. The molecule has 1 aromatic heterocycles. The van der Waals surface area contributed by atoms with E-state index >= 15 is 0 Å². The molecule has 6 nitrogen and oxygen atoms in total. The lowest BCUT2D eigenvalue weighted by Crippen LogP contribution is -2.01. The molecule has 1 heterocycles. The van der Waals surface area contributed by atoms with Gasteiger partial charge >= 0.3 is 5.97 Å². The van der Waals surface area contributed by atoms with Crippen molar-refractivity contribution in [2.24, 2.45) is 0 Å². The maximum atomic E-state index is 11.0. The van der Waals surface area contributed by atoms with Crippen LogP contribution in [0.3, 0.4) is 0 Å². The summed E-state index contributed by atoms with van der Waals surface area (Å²) in [6.07, 6.45) is 1.66. The van der Waals surface area contributed by atoms with Crippen molar-refractivity contribution in [1.82, 2.24) is 9.97 Å². The number of rotatable bonds is 6. The zero-order valence-electron chi connectivity index (χ0n) is 15.8. The van der Waals surface area contributed by atoms with Gasteiger partial charge in [0, 0.05) is 23.1 Å². The number of anilines is 4. The van der Waals surface area contributed by atoms with Gasteiger partial charge in [-0.05, 0) is 42.0 Å². The predicted octanol–water partition coefficient (Wildman–Crippen LogP) is 5.75. The summed E-state index contributed by atoms with van der Waals surface area (Å²) < 4.78 is 0. The molecule has 0 bridgehead atoms. The van der Waals surface area contributed by atoms with Crippen LogP contribution in [0.5, 0.6) is 0 Å². The molecule has 0 saturated heterocycles. The van der Waals surface area contributed by atoms with Crippen LogP contribution < -0.4 is 10.6 Å². The summed E-state index contributed by atoms with van der Waals surface area (Å²) in [5.41, 5.74) is 4.06. The summed E-state index contributed by atoms with van der Waals surface area (Å²) in [5, 5.41) is 15.4. The van der Waals surface area contributed by atoms with Crippen molar-refractivity contribution in [3.05, 3.63) is 96.7 Å². The summed E-state index contributed by atoms with van der Waals surface area (Å²) >= 11 is 0. The van der Waals surface area contributed by atoms with Crippen molar-refractivity contribution in [1.29, 1.82) is 0 Å². The summed E-state index contributed by atoms with van der Waals surface area (Å²) in [5.74, 6) is 0.0967. The highest BCUT2D eigenvalue weighted by Gasteiger charge is 2.07. The van der Waals surface area contributed by atoms with Crippen LogP contribution in [-0.4, -0.2) is 21.0 Å². The molecule has 0 atom stereocenters. The number of nitrogens with zero attached hydrogens (tertiary/aromatic N) is 2. The Morgan fingerprint density at radius 1 is 0.800 bits per heavy atom. The third-order valence-corrected chi connectivity index (χ3v) is 4.32. The molecule has 30 heavy (non-hydrogen) atoms. The fourth-order valence-electron chi connectivity index (χ4n) is 2.91. The molecule has 150 valence electrons. The van der Waals surface area contributed by atoms with Gasteiger partial charge in [0.2, 0.25) is 5.95 Å². The van der Waals surface area contributed by atoms with Crippen LogP contribution in [0.2, 0.25) is 0 Å². The van der Waals surface area contributed by atoms with E-state index in [1.54, 1.807) is 24.4 Å². The summed E-state index contributed by atoms with van der Waals surface area (Å²) in [6, 6.07) is 26.4. The third-order valence-electron chi connectivity index (χ3n) is 4.32. The second-order valence-electron chi connectivity index (χ2n) is 6.31. The number of carboxylic acid groups (broad SMARTS) is 1. The molecule has 0 aliphatic heterocycles. The van der Waals surface area contributed by atoms with Crippen LogP contribution in [0.15, 0.2) is 91.1 Å². The molecule has 0 radical (unpaired) electrons. The van der Waals surface area contributed by atoms with Gasteiger partial charge in [-0.3, -0.25) is 0 Å². The lowest BCUT2D eigenvalue weighted by Gasteiger charge is -2.12. The Morgan fingerprint density at radius 2 is 1.50 bits per heavy atom. The van der Waals surface area contributed by atoms with Crippen molar-refractivity contribution in [3.63, 3.8) is 0 Å². The van der Waals surface area contributed by atoms with Crippen molar-refractivity contribution in [2.75, 3.05) is 10.6 Å². The van der Waals surface area contributed by atoms with Gasteiger partial charge in [-0.25, -0.2) is 9.78 Å². The summed E-state index contributed by atoms with van der Waals surface area (Å²) in [7, 11) is 0. The topological polar surface area (TPSA) is 87.1 Å². The number of para-hydroxylation sites is 1. The molecule has 0 aliphatic rings. The standard InChI is InChI=1S/C23H18N4O2.ClH/c28-22(29)17-10-12-18(13-11-17)25-23-24-15-14-21(27-23)26-20-9-5-4-8-19(20)16-6-2-1-3-7-16;/h1-15H,(H,28,29)(H2,24,25,26,27);1H. The normalized spacial score (nSPS) is 10.0. The quantitative estimate of drug-likeness (QED) is 0.369. The highest BCUT2D eigenvalue weighted by molar-refractivity contribution is 5.88. The number of carboxylic acids is 1. The van der Waals surface area contributed by atoms with E-state index in [-0.39, 0.29) is 18.0 Å². The number of aromatic carboxylic acids is 1. The van der Waals surface area contributed by atoms with Gasteiger partial charge in [0.25, 0.3) is 0 Å². The fraction of sp³-hybridized carbons (Fsp3) is 0. The summed E-state index contributed by atoms with van der Waals surface area (Å²) in [6.45, 7) is 0. The SMILES string of the molecule is Cl.O=C(O)c1ccc(Nc2nccc(Nc3ccccc3-c3ccccc3)n2)cc1. The smallest absolute Gasteiger partial charge is 0.335 e. The van der Waals surface area contributed by atoms with E-state index in [2.05, 4.69) is 38.8 Å². The lowest BCUT2D eigenvalue weighted by atomic mass is 10.0. The minimum absolute atomic E-state index is 0. The number of hydrogen-bond donors (Lipinski definition) is 3. The van der Waals surface area contributed by atoms with E-state index in [4.69, 9.17) is 5.11 Å². The monoisotopic (exact) mass is 418 g/mol. The van der Waals surface area contributed by atoms with Gasteiger partial charge in [0.1, 0.15) is 5.82 Å². The van der Waals surface area contributed by atoms with Gasteiger partial charge in [0.15, 0.2) is 0 Å². The molecule has 0 saturated carbocycles. The molecular formula is C23H19ClN4O2. The van der Waals surface area contributed by atoms with Crippen molar-refractivity contribution in [2.45, 2.75) is 0 Å². The van der Waals surface area contributed by atoms with E-state index in [0.717, 1.165) is 16.8 Å². The average Bonchev–Trinajstić information content (AvgIpc) is 2.75. The van der Waals surface area contributed by atoms with E-state index < -0.39 is 5.97 Å². The van der Waals surface area contributed by atoms with E-state index in [0.29, 0.717) is 17.5 Å². The van der Waals surface area contributed by atoms with Gasteiger partial charge < -0.3 is 15.7 Å². The Kier molecular flexibility index (Phi) is 6.62. The van der Waals surface area contributed by atoms with E-state index in [1.165, 1.54) is 12.1 Å². The third kappa shape index (κ3) is 4.92. The maximum absolute atomic E-state index is 11.0. The molecule has 0 spiro atoms. The Morgan fingerprint density at radius 3 is 2.23 bits per heavy atom. The lowest BCUT2D eigenvalue weighted by molar-refractivity contribution is 0.0697. The number of aromatic nitrogens is 2. The number of halogens is 1. The molecule has 0 unspecified atom stereocenters. The van der Waals surface area contributed by atoms with Crippen molar-refractivity contribution < 1.29 is 9.90 Å². The minimum Gasteiger partial charge on any atom is -0.478 e. The number of nitrogens with one attached hydrogen (secondary N) is 2. The van der Waals surface area contributed by atoms with Crippen LogP contribution in [0, 0.1) is 0 Å². The van der Waals surface area contributed by atoms with Gasteiger partial charge in [-0.1, -0.05) is 48.5 Å². The van der Waals surface area contributed by atoms with Crippen LogP contribution in [0.4, 0.5) is 23.1 Å². The largest absolute Gasteiger partial charge is 0.478 e.